The minimum absolute atomic E-state index is 0.161. The van der Waals surface area contributed by atoms with Crippen molar-refractivity contribution in [3.63, 3.8) is 0 Å². The van der Waals surface area contributed by atoms with Crippen LogP contribution in [0.1, 0.15) is 44.2 Å². The first-order chi connectivity index (χ1) is 6.83. The summed E-state index contributed by atoms with van der Waals surface area (Å²) in [4.78, 5) is 0. The second-order valence-electron chi connectivity index (χ2n) is 4.03. The number of aliphatic hydroxyl groups excluding tert-OH is 1. The van der Waals surface area contributed by atoms with Crippen LogP contribution in [0.5, 0.6) is 0 Å². The molecule has 0 radical (unpaired) electrons. The van der Waals surface area contributed by atoms with E-state index >= 15 is 0 Å². The molecule has 0 amide bonds. The summed E-state index contributed by atoms with van der Waals surface area (Å²) in [5.41, 5.74) is 1.21. The Morgan fingerprint density at radius 3 is 3.00 bits per heavy atom. The molecule has 1 saturated carbocycles. The van der Waals surface area contributed by atoms with Crippen LogP contribution in [0.3, 0.4) is 0 Å². The maximum absolute atomic E-state index is 9.92. The van der Waals surface area contributed by atoms with Gasteiger partial charge in [-0.1, -0.05) is 12.8 Å². The molecule has 0 bridgehead atoms. The van der Waals surface area contributed by atoms with Crippen LogP contribution in [-0.4, -0.2) is 21.0 Å². The van der Waals surface area contributed by atoms with E-state index in [0.29, 0.717) is 5.92 Å². The largest absolute Gasteiger partial charge is 0.392 e. The highest BCUT2D eigenvalue weighted by Gasteiger charge is 2.26. The maximum atomic E-state index is 9.92. The second kappa shape index (κ2) is 4.13. The molecule has 1 N–H and O–H groups in total. The number of rotatable bonds is 2. The van der Waals surface area contributed by atoms with Crippen molar-refractivity contribution in [1.82, 2.24) is 9.78 Å². The number of hydrogen-bond acceptors (Lipinski definition) is 2. The van der Waals surface area contributed by atoms with Gasteiger partial charge in [-0.25, -0.2) is 0 Å². The number of hydrogen-bond donors (Lipinski definition) is 1. The fourth-order valence-corrected chi connectivity index (χ4v) is 2.38. The lowest BCUT2D eigenvalue weighted by Crippen LogP contribution is -2.24. The van der Waals surface area contributed by atoms with Gasteiger partial charge < -0.3 is 5.11 Å². The normalized spacial score (nSPS) is 27.9. The van der Waals surface area contributed by atoms with Crippen molar-refractivity contribution in [2.24, 2.45) is 0 Å². The molecule has 0 aliphatic heterocycles. The fraction of sp³-hybridized carbons (Fsp3) is 0.727. The predicted molar refractivity (Wildman–Crippen MR) is 55.1 cm³/mol. The Morgan fingerprint density at radius 2 is 2.29 bits per heavy atom. The Kier molecular flexibility index (Phi) is 2.87. The topological polar surface area (TPSA) is 38.0 Å². The highest BCUT2D eigenvalue weighted by molar-refractivity contribution is 5.11. The highest BCUT2D eigenvalue weighted by Crippen LogP contribution is 2.32. The van der Waals surface area contributed by atoms with Gasteiger partial charge >= 0.3 is 0 Å². The zero-order valence-electron chi connectivity index (χ0n) is 8.69. The van der Waals surface area contributed by atoms with Gasteiger partial charge in [-0.3, -0.25) is 4.68 Å². The molecule has 1 aromatic heterocycles. The molecule has 1 aliphatic rings. The van der Waals surface area contributed by atoms with Crippen molar-refractivity contribution >= 4 is 0 Å². The van der Waals surface area contributed by atoms with Crippen LogP contribution < -0.4 is 0 Å². The average Bonchev–Trinajstić information content (AvgIpc) is 2.66. The van der Waals surface area contributed by atoms with Gasteiger partial charge in [0.25, 0.3) is 0 Å². The van der Waals surface area contributed by atoms with Crippen LogP contribution in [-0.2, 0) is 6.54 Å². The Balaban J connectivity index is 2.20. The summed E-state index contributed by atoms with van der Waals surface area (Å²) in [6.07, 6.45) is 6.12. The molecule has 1 fully saturated rings. The number of aliphatic hydroxyl groups is 1. The first kappa shape index (κ1) is 9.71. The molecule has 2 atom stereocenters. The molecule has 1 aliphatic carbocycles. The molecule has 3 heteroatoms. The van der Waals surface area contributed by atoms with E-state index in [0.717, 1.165) is 25.8 Å². The molecule has 2 rings (SSSR count). The van der Waals surface area contributed by atoms with Gasteiger partial charge in [0.1, 0.15) is 0 Å². The summed E-state index contributed by atoms with van der Waals surface area (Å²) in [5.74, 6) is 0.311. The van der Waals surface area contributed by atoms with E-state index in [1.165, 1.54) is 12.1 Å². The number of nitrogens with zero attached hydrogens (tertiary/aromatic N) is 2. The first-order valence-electron chi connectivity index (χ1n) is 5.52. The lowest BCUT2D eigenvalue weighted by molar-refractivity contribution is 0.102. The molecule has 1 heterocycles. The Hall–Kier alpha value is -0.830. The Labute approximate surface area is 84.7 Å². The van der Waals surface area contributed by atoms with Gasteiger partial charge in [-0.15, -0.1) is 0 Å². The monoisotopic (exact) mass is 194 g/mol. The smallest absolute Gasteiger partial charge is 0.0623 e. The van der Waals surface area contributed by atoms with Crippen LogP contribution in [0.2, 0.25) is 0 Å². The van der Waals surface area contributed by atoms with Gasteiger partial charge in [0.05, 0.1) is 6.10 Å². The standard InChI is InChI=1S/C11H18N2O/c1-2-13-10(7-8-12-13)9-5-3-4-6-11(9)14/h7-9,11,14H,2-6H2,1H3/t9-,11+/m0/s1. The minimum atomic E-state index is -0.161. The van der Waals surface area contributed by atoms with Gasteiger partial charge in [0.15, 0.2) is 0 Å². The Morgan fingerprint density at radius 1 is 1.50 bits per heavy atom. The molecule has 0 aromatic carbocycles. The summed E-state index contributed by atoms with van der Waals surface area (Å²) in [7, 11) is 0. The van der Waals surface area contributed by atoms with Crippen molar-refractivity contribution in [2.45, 2.75) is 51.2 Å². The molecule has 78 valence electrons. The zero-order chi connectivity index (χ0) is 9.97. The quantitative estimate of drug-likeness (QED) is 0.781. The fourth-order valence-electron chi connectivity index (χ4n) is 2.38. The van der Waals surface area contributed by atoms with Crippen LogP contribution >= 0.6 is 0 Å². The predicted octanol–water partition coefficient (Wildman–Crippen LogP) is 1.92. The van der Waals surface area contributed by atoms with Crippen LogP contribution in [0.4, 0.5) is 0 Å². The van der Waals surface area contributed by atoms with Crippen molar-refractivity contribution in [3.05, 3.63) is 18.0 Å². The highest BCUT2D eigenvalue weighted by atomic mass is 16.3. The third kappa shape index (κ3) is 1.69. The third-order valence-corrected chi connectivity index (χ3v) is 3.16. The second-order valence-corrected chi connectivity index (χ2v) is 4.03. The van der Waals surface area contributed by atoms with Gasteiger partial charge in [0.2, 0.25) is 0 Å². The molecule has 1 aromatic rings. The minimum Gasteiger partial charge on any atom is -0.392 e. The van der Waals surface area contributed by atoms with E-state index in [4.69, 9.17) is 0 Å². The van der Waals surface area contributed by atoms with E-state index in [-0.39, 0.29) is 6.10 Å². The molecule has 0 saturated heterocycles. The van der Waals surface area contributed by atoms with Gasteiger partial charge in [-0.05, 0) is 25.8 Å². The Bertz CT molecular complexity index is 295. The number of aromatic nitrogens is 2. The number of aryl methyl sites for hydroxylation is 1. The van der Waals surface area contributed by atoms with Gasteiger partial charge in [0, 0.05) is 24.4 Å². The van der Waals surface area contributed by atoms with E-state index in [1.807, 2.05) is 16.9 Å². The van der Waals surface area contributed by atoms with Gasteiger partial charge in [-0.2, -0.15) is 5.10 Å². The van der Waals surface area contributed by atoms with E-state index in [9.17, 15) is 5.11 Å². The summed E-state index contributed by atoms with van der Waals surface area (Å²) < 4.78 is 2.00. The molecular formula is C11H18N2O. The van der Waals surface area contributed by atoms with E-state index < -0.39 is 0 Å². The van der Waals surface area contributed by atoms with Crippen molar-refractivity contribution in [3.8, 4) is 0 Å². The third-order valence-electron chi connectivity index (χ3n) is 3.16. The summed E-state index contributed by atoms with van der Waals surface area (Å²) >= 11 is 0. The van der Waals surface area contributed by atoms with Crippen LogP contribution in [0.15, 0.2) is 12.3 Å². The summed E-state index contributed by atoms with van der Waals surface area (Å²) in [6.45, 7) is 2.98. The van der Waals surface area contributed by atoms with E-state index in [1.54, 1.807) is 0 Å². The maximum Gasteiger partial charge on any atom is 0.0623 e. The molecular weight excluding hydrogens is 176 g/mol. The van der Waals surface area contributed by atoms with Crippen LogP contribution in [0.25, 0.3) is 0 Å². The van der Waals surface area contributed by atoms with Crippen molar-refractivity contribution < 1.29 is 5.11 Å². The SMILES string of the molecule is CCn1nccc1[C@@H]1CCCC[C@H]1O. The lowest BCUT2D eigenvalue weighted by Gasteiger charge is -2.27. The van der Waals surface area contributed by atoms with Crippen LogP contribution in [0, 0.1) is 0 Å². The molecule has 0 spiro atoms. The molecule has 14 heavy (non-hydrogen) atoms. The summed E-state index contributed by atoms with van der Waals surface area (Å²) in [6, 6.07) is 2.04. The molecule has 0 unspecified atom stereocenters. The lowest BCUT2D eigenvalue weighted by atomic mass is 9.84. The molecule has 3 nitrogen and oxygen atoms in total. The average molecular weight is 194 g/mol. The summed E-state index contributed by atoms with van der Waals surface area (Å²) in [5, 5.41) is 14.2. The first-order valence-corrected chi connectivity index (χ1v) is 5.52. The zero-order valence-corrected chi connectivity index (χ0v) is 8.69. The van der Waals surface area contributed by atoms with E-state index in [2.05, 4.69) is 12.0 Å². The van der Waals surface area contributed by atoms with Crippen molar-refractivity contribution in [1.29, 1.82) is 0 Å². The van der Waals surface area contributed by atoms with Crippen molar-refractivity contribution in [2.75, 3.05) is 0 Å².